The van der Waals surface area contributed by atoms with E-state index in [0.717, 1.165) is 16.7 Å². The number of carboxylic acid groups (broad SMARTS) is 3. The zero-order chi connectivity index (χ0) is 35.5. The fourth-order valence-electron chi connectivity index (χ4n) is 5.35. The van der Waals surface area contributed by atoms with E-state index in [9.17, 15) is 24.6 Å². The maximum atomic E-state index is 11.9. The second-order valence-corrected chi connectivity index (χ2v) is 12.1. The zero-order valence-electron chi connectivity index (χ0n) is 27.6. The third-order valence-corrected chi connectivity index (χ3v) is 6.94. The van der Waals surface area contributed by atoms with Crippen molar-refractivity contribution in [1.29, 1.82) is 0 Å². The van der Waals surface area contributed by atoms with E-state index >= 15 is 0 Å². The van der Waals surface area contributed by atoms with Gasteiger partial charge in [0.1, 0.15) is 19.3 Å². The van der Waals surface area contributed by atoms with Gasteiger partial charge in [0.05, 0.1) is 16.7 Å². The molecule has 0 radical (unpaired) electrons. The molecule has 0 bridgehead atoms. The lowest BCUT2D eigenvalue weighted by Gasteiger charge is -2.31. The lowest BCUT2D eigenvalue weighted by Crippen LogP contribution is -2.24. The Hall–Kier alpha value is -4.17. The van der Waals surface area contributed by atoms with Crippen molar-refractivity contribution in [2.24, 2.45) is 5.41 Å². The Balaban J connectivity index is 0.000000551. The number of aryl methyl sites for hydroxylation is 6. The van der Waals surface area contributed by atoms with Gasteiger partial charge in [0, 0.05) is 0 Å². The van der Waals surface area contributed by atoms with E-state index in [1.807, 2.05) is 47.6 Å². The molecule has 0 saturated carbocycles. The van der Waals surface area contributed by atoms with Crippen molar-refractivity contribution in [3.63, 3.8) is 0 Å². The van der Waals surface area contributed by atoms with Crippen molar-refractivity contribution >= 4 is 17.9 Å². The highest BCUT2D eigenvalue weighted by Gasteiger charge is 2.33. The Morgan fingerprint density at radius 2 is 1.00 bits per heavy atom. The molecule has 12 nitrogen and oxygen atoms in total. The van der Waals surface area contributed by atoms with Crippen molar-refractivity contribution in [3.05, 3.63) is 103 Å². The average Bonchev–Trinajstić information content (AvgIpc) is 2.90. The van der Waals surface area contributed by atoms with Crippen molar-refractivity contribution < 1.29 is 60.1 Å². The largest absolute Gasteiger partial charge is 0.478 e. The number of carboxylic acids is 3. The van der Waals surface area contributed by atoms with E-state index in [2.05, 4.69) is 4.89 Å². The van der Waals surface area contributed by atoms with E-state index in [-0.39, 0.29) is 29.9 Å². The quantitative estimate of drug-likeness (QED) is 0.0935. The van der Waals surface area contributed by atoms with E-state index in [4.69, 9.17) is 30.7 Å². The third kappa shape index (κ3) is 10.7. The summed E-state index contributed by atoms with van der Waals surface area (Å²) in [5.41, 5.74) is 6.40. The summed E-state index contributed by atoms with van der Waals surface area (Å²) < 4.78 is 0. The Labute approximate surface area is 268 Å². The molecule has 252 valence electrons. The van der Waals surface area contributed by atoms with E-state index in [1.165, 1.54) is 0 Å². The Morgan fingerprint density at radius 3 is 1.37 bits per heavy atom. The molecule has 3 rings (SSSR count). The van der Waals surface area contributed by atoms with E-state index < -0.39 is 29.4 Å². The lowest BCUT2D eigenvalue weighted by atomic mass is 9.81. The predicted molar refractivity (Wildman–Crippen MR) is 169 cm³/mol. The smallest absolute Gasteiger partial charge is 0.336 e. The molecule has 0 aliphatic heterocycles. The van der Waals surface area contributed by atoms with Crippen LogP contribution in [0.15, 0.2) is 36.4 Å². The first-order valence-corrected chi connectivity index (χ1v) is 14.1. The Morgan fingerprint density at radius 1 is 0.630 bits per heavy atom. The summed E-state index contributed by atoms with van der Waals surface area (Å²) in [4.78, 5) is 49.7. The molecule has 0 aliphatic carbocycles. The van der Waals surface area contributed by atoms with Crippen LogP contribution >= 0.6 is 0 Å². The minimum atomic E-state index is -1.03. The van der Waals surface area contributed by atoms with Gasteiger partial charge in [-0.05, 0) is 80.3 Å². The van der Waals surface area contributed by atoms with Crippen LogP contribution in [0.3, 0.4) is 0 Å². The SMILES string of the molecule is Cc1cc(C)c(C(=O)O)c(COO)c1.Cc1cc(C)c(C(=O)O)c(COOC(c2cc(C)cc(C)c2C(=O)O)C(C)(C)C)c1.OO. The van der Waals surface area contributed by atoms with Crippen LogP contribution in [0.4, 0.5) is 0 Å². The van der Waals surface area contributed by atoms with Gasteiger partial charge in [0.2, 0.25) is 0 Å². The standard InChI is InChI=1S/C24H30O6.C10H12O4.H2O2/c1-13-8-15(3)19(22(25)26)17(10-13)12-29-30-21(24(5,6)7)18-11-14(2)9-16(4)20(18)23(27)28;1-6-3-7(2)9(10(11)12)8(4-6)5-14-13;1-2/h8-11,21H,12H2,1-7H3,(H,25,26)(H,27,28);3-4,13H,5H2,1-2H3,(H,11,12);1-2H. The molecule has 1 atom stereocenters. The first-order valence-electron chi connectivity index (χ1n) is 14.1. The van der Waals surface area contributed by atoms with Crippen molar-refractivity contribution in [3.8, 4) is 0 Å². The van der Waals surface area contributed by atoms with Gasteiger partial charge in [-0.3, -0.25) is 15.8 Å². The molecule has 0 spiro atoms. The van der Waals surface area contributed by atoms with Gasteiger partial charge in [0.25, 0.3) is 0 Å². The molecule has 3 aromatic carbocycles. The number of benzene rings is 3. The maximum Gasteiger partial charge on any atom is 0.336 e. The average molecular weight is 645 g/mol. The Kier molecular flexibility index (Phi) is 15.2. The molecule has 0 aliphatic rings. The van der Waals surface area contributed by atoms with E-state index in [1.54, 1.807) is 51.1 Å². The molecular weight excluding hydrogens is 600 g/mol. The van der Waals surface area contributed by atoms with Crippen molar-refractivity contribution in [2.75, 3.05) is 0 Å². The van der Waals surface area contributed by atoms with Gasteiger partial charge in [-0.15, -0.1) is 0 Å². The highest BCUT2D eigenvalue weighted by Crippen LogP contribution is 2.39. The third-order valence-electron chi connectivity index (χ3n) is 6.94. The molecule has 0 fully saturated rings. The fourth-order valence-corrected chi connectivity index (χ4v) is 5.35. The van der Waals surface area contributed by atoms with Crippen molar-refractivity contribution in [2.45, 2.75) is 81.6 Å². The second kappa shape index (κ2) is 17.5. The van der Waals surface area contributed by atoms with Gasteiger partial charge in [-0.25, -0.2) is 29.0 Å². The lowest BCUT2D eigenvalue weighted by molar-refractivity contribution is -0.352. The first kappa shape index (κ1) is 39.9. The molecule has 6 N–H and O–H groups in total. The monoisotopic (exact) mass is 644 g/mol. The van der Waals surface area contributed by atoms with Crippen LogP contribution in [-0.2, 0) is 27.9 Å². The minimum absolute atomic E-state index is 0.0655. The summed E-state index contributed by atoms with van der Waals surface area (Å²) in [6, 6.07) is 10.7. The summed E-state index contributed by atoms with van der Waals surface area (Å²) in [5, 5.41) is 48.5. The molecular formula is C34H44O12. The van der Waals surface area contributed by atoms with E-state index in [0.29, 0.717) is 33.4 Å². The normalized spacial score (nSPS) is 11.5. The maximum absolute atomic E-state index is 11.9. The molecule has 0 aromatic heterocycles. The van der Waals surface area contributed by atoms with Gasteiger partial charge in [0.15, 0.2) is 0 Å². The molecule has 1 unspecified atom stereocenters. The molecule has 12 heteroatoms. The number of carbonyl (C=O) groups is 3. The van der Waals surface area contributed by atoms with Crippen LogP contribution in [0, 0.1) is 47.0 Å². The molecule has 0 saturated heterocycles. The summed E-state index contributed by atoms with van der Waals surface area (Å²) in [6.45, 7) is 16.5. The highest BCUT2D eigenvalue weighted by atomic mass is 17.2. The number of rotatable bonds is 10. The summed E-state index contributed by atoms with van der Waals surface area (Å²) >= 11 is 0. The molecule has 0 amide bonds. The first-order chi connectivity index (χ1) is 21.4. The Bertz CT molecular complexity index is 1540. The molecule has 46 heavy (non-hydrogen) atoms. The predicted octanol–water partition coefficient (Wildman–Crippen LogP) is 7.56. The number of hydrogen-bond donors (Lipinski definition) is 6. The highest BCUT2D eigenvalue weighted by molar-refractivity contribution is 5.92. The van der Waals surface area contributed by atoms with Crippen LogP contribution in [0.1, 0.15) is 108 Å². The fraction of sp³-hybridized carbons (Fsp3) is 0.382. The van der Waals surface area contributed by atoms with Crippen LogP contribution in [-0.4, -0.2) is 49.0 Å². The number of aromatic carboxylic acids is 3. The summed E-state index contributed by atoms with van der Waals surface area (Å²) in [5.74, 6) is -3.06. The molecule has 0 heterocycles. The number of hydrogen-bond acceptors (Lipinski definition) is 9. The molecule has 3 aromatic rings. The summed E-state index contributed by atoms with van der Waals surface area (Å²) in [6.07, 6.45) is -0.665. The van der Waals surface area contributed by atoms with Crippen LogP contribution < -0.4 is 0 Å². The zero-order valence-corrected chi connectivity index (χ0v) is 27.6. The van der Waals surface area contributed by atoms with Crippen LogP contribution in [0.5, 0.6) is 0 Å². The van der Waals surface area contributed by atoms with Gasteiger partial charge < -0.3 is 15.3 Å². The van der Waals surface area contributed by atoms with Crippen LogP contribution in [0.25, 0.3) is 0 Å². The van der Waals surface area contributed by atoms with Gasteiger partial charge >= 0.3 is 17.9 Å². The topological polar surface area (TPSA) is 200 Å². The summed E-state index contributed by atoms with van der Waals surface area (Å²) in [7, 11) is 0. The van der Waals surface area contributed by atoms with Gasteiger partial charge in [-0.1, -0.05) is 73.9 Å². The van der Waals surface area contributed by atoms with Crippen LogP contribution in [0.2, 0.25) is 0 Å². The van der Waals surface area contributed by atoms with Gasteiger partial charge in [-0.2, -0.15) is 0 Å². The second-order valence-electron chi connectivity index (χ2n) is 12.1. The van der Waals surface area contributed by atoms with Crippen molar-refractivity contribution in [1.82, 2.24) is 0 Å². The minimum Gasteiger partial charge on any atom is -0.478 e.